The first kappa shape index (κ1) is 17.2. The van der Waals surface area contributed by atoms with Crippen molar-refractivity contribution < 1.29 is 19.1 Å². The van der Waals surface area contributed by atoms with E-state index in [1.54, 1.807) is 32.0 Å². The normalized spacial score (nSPS) is 18.2. The Morgan fingerprint density at radius 2 is 2.00 bits per heavy atom. The van der Waals surface area contributed by atoms with Crippen LogP contribution in [-0.4, -0.2) is 28.2 Å². The number of ketones is 1. The Kier molecular flexibility index (Phi) is 5.19. The number of hydrogen-bond acceptors (Lipinski definition) is 3. The summed E-state index contributed by atoms with van der Waals surface area (Å²) >= 11 is 0. The number of aliphatic hydroxyl groups is 1. The van der Waals surface area contributed by atoms with E-state index in [1.807, 2.05) is 6.92 Å². The van der Waals surface area contributed by atoms with Crippen molar-refractivity contribution in [2.45, 2.75) is 39.7 Å². The Balaban J connectivity index is 2.55. The maximum absolute atomic E-state index is 14.3. The van der Waals surface area contributed by atoms with Gasteiger partial charge in [0.2, 0.25) is 0 Å². The molecule has 0 aliphatic carbocycles. The third-order valence-electron chi connectivity index (χ3n) is 4.05. The van der Waals surface area contributed by atoms with Crippen LogP contribution in [0.1, 0.15) is 45.2 Å². The SMILES string of the molecule is CCCCN1C(=O)C(O)=C(C(=O)C(C)C)C1c1ccccc1F. The fourth-order valence-electron chi connectivity index (χ4n) is 2.80. The van der Waals surface area contributed by atoms with Crippen molar-refractivity contribution in [3.8, 4) is 0 Å². The van der Waals surface area contributed by atoms with Gasteiger partial charge in [0.25, 0.3) is 5.91 Å². The first-order valence-corrected chi connectivity index (χ1v) is 7.92. The smallest absolute Gasteiger partial charge is 0.290 e. The van der Waals surface area contributed by atoms with Crippen molar-refractivity contribution in [1.82, 2.24) is 4.90 Å². The maximum Gasteiger partial charge on any atom is 0.290 e. The standard InChI is InChI=1S/C18H22FNO3/c1-4-5-10-20-15(12-8-6-7-9-13(12)19)14(16(21)11(2)3)17(22)18(20)23/h6-9,11,15,22H,4-5,10H2,1-3H3. The molecule has 23 heavy (non-hydrogen) atoms. The summed E-state index contributed by atoms with van der Waals surface area (Å²) in [5.41, 5.74) is 0.246. The molecule has 0 spiro atoms. The summed E-state index contributed by atoms with van der Waals surface area (Å²) in [4.78, 5) is 26.3. The summed E-state index contributed by atoms with van der Waals surface area (Å²) in [6, 6.07) is 5.21. The number of carbonyl (C=O) groups is 2. The monoisotopic (exact) mass is 319 g/mol. The molecular weight excluding hydrogens is 297 g/mol. The van der Waals surface area contributed by atoms with Gasteiger partial charge in [-0.1, -0.05) is 45.4 Å². The fourth-order valence-corrected chi connectivity index (χ4v) is 2.80. The fraction of sp³-hybridized carbons (Fsp3) is 0.444. The molecule has 1 unspecified atom stereocenters. The van der Waals surface area contributed by atoms with Gasteiger partial charge in [-0.05, 0) is 12.5 Å². The Hall–Kier alpha value is -2.17. The number of nitrogens with zero attached hydrogens (tertiary/aromatic N) is 1. The number of rotatable bonds is 6. The molecule has 1 atom stereocenters. The second-order valence-electron chi connectivity index (χ2n) is 6.06. The van der Waals surface area contributed by atoms with Crippen LogP contribution < -0.4 is 0 Å². The highest BCUT2D eigenvalue weighted by Crippen LogP contribution is 2.39. The first-order chi connectivity index (χ1) is 10.9. The van der Waals surface area contributed by atoms with Crippen LogP contribution in [0.2, 0.25) is 0 Å². The first-order valence-electron chi connectivity index (χ1n) is 7.92. The lowest BCUT2D eigenvalue weighted by Crippen LogP contribution is -2.32. The quantitative estimate of drug-likeness (QED) is 0.872. The minimum absolute atomic E-state index is 0.00574. The van der Waals surface area contributed by atoms with Crippen LogP contribution in [-0.2, 0) is 9.59 Å². The van der Waals surface area contributed by atoms with Crippen LogP contribution in [0, 0.1) is 11.7 Å². The third-order valence-corrected chi connectivity index (χ3v) is 4.05. The molecule has 2 rings (SSSR count). The van der Waals surface area contributed by atoms with Gasteiger partial charge in [-0.25, -0.2) is 4.39 Å². The van der Waals surface area contributed by atoms with E-state index in [4.69, 9.17) is 0 Å². The van der Waals surface area contributed by atoms with Gasteiger partial charge in [-0.15, -0.1) is 0 Å². The molecule has 0 fully saturated rings. The van der Waals surface area contributed by atoms with Gasteiger partial charge in [0, 0.05) is 18.0 Å². The minimum atomic E-state index is -0.856. The summed E-state index contributed by atoms with van der Waals surface area (Å²) < 4.78 is 14.3. The summed E-state index contributed by atoms with van der Waals surface area (Å²) in [6.07, 6.45) is 1.56. The molecule has 5 heteroatoms. The lowest BCUT2D eigenvalue weighted by atomic mass is 9.91. The van der Waals surface area contributed by atoms with Gasteiger partial charge in [0.05, 0.1) is 11.6 Å². The highest BCUT2D eigenvalue weighted by molar-refractivity contribution is 6.09. The summed E-state index contributed by atoms with van der Waals surface area (Å²) in [5.74, 6) is -2.36. The van der Waals surface area contributed by atoms with Crippen molar-refractivity contribution in [3.63, 3.8) is 0 Å². The zero-order valence-corrected chi connectivity index (χ0v) is 13.7. The molecule has 1 aliphatic heterocycles. The predicted octanol–water partition coefficient (Wildman–Crippen LogP) is 3.55. The topological polar surface area (TPSA) is 57.6 Å². The molecule has 1 aromatic carbocycles. The minimum Gasteiger partial charge on any atom is -0.503 e. The van der Waals surface area contributed by atoms with E-state index in [9.17, 15) is 19.1 Å². The van der Waals surface area contributed by atoms with Gasteiger partial charge < -0.3 is 10.0 Å². The zero-order chi connectivity index (χ0) is 17.1. The number of unbranched alkanes of at least 4 members (excludes halogenated alkanes) is 1. The molecule has 0 saturated heterocycles. The molecule has 4 nitrogen and oxygen atoms in total. The van der Waals surface area contributed by atoms with Crippen LogP contribution in [0.4, 0.5) is 4.39 Å². The second kappa shape index (κ2) is 6.94. The number of benzene rings is 1. The van der Waals surface area contributed by atoms with E-state index in [-0.39, 0.29) is 22.8 Å². The van der Waals surface area contributed by atoms with Gasteiger partial charge in [0.1, 0.15) is 5.82 Å². The van der Waals surface area contributed by atoms with Crippen molar-refractivity contribution in [2.75, 3.05) is 6.54 Å². The van der Waals surface area contributed by atoms with E-state index < -0.39 is 23.5 Å². The Morgan fingerprint density at radius 1 is 1.35 bits per heavy atom. The lowest BCUT2D eigenvalue weighted by Gasteiger charge is -2.27. The van der Waals surface area contributed by atoms with E-state index in [0.717, 1.165) is 6.42 Å². The number of hydrogen-bond donors (Lipinski definition) is 1. The molecule has 124 valence electrons. The molecule has 0 radical (unpaired) electrons. The van der Waals surface area contributed by atoms with Crippen LogP contribution in [0.25, 0.3) is 0 Å². The van der Waals surface area contributed by atoms with Gasteiger partial charge in [0.15, 0.2) is 11.5 Å². The average Bonchev–Trinajstić information content (AvgIpc) is 2.76. The number of halogens is 1. The Labute approximate surface area is 135 Å². The van der Waals surface area contributed by atoms with Gasteiger partial charge >= 0.3 is 0 Å². The third kappa shape index (κ3) is 3.14. The van der Waals surface area contributed by atoms with Crippen molar-refractivity contribution in [1.29, 1.82) is 0 Å². The molecular formula is C18H22FNO3. The van der Waals surface area contributed by atoms with E-state index in [2.05, 4.69) is 0 Å². The molecule has 1 aromatic rings. The van der Waals surface area contributed by atoms with Gasteiger partial charge in [-0.3, -0.25) is 9.59 Å². The number of Topliss-reactive ketones (excluding diaryl/α,β-unsaturated/α-hetero) is 1. The largest absolute Gasteiger partial charge is 0.503 e. The van der Waals surface area contributed by atoms with Gasteiger partial charge in [-0.2, -0.15) is 0 Å². The highest BCUT2D eigenvalue weighted by Gasteiger charge is 2.44. The highest BCUT2D eigenvalue weighted by atomic mass is 19.1. The molecule has 1 heterocycles. The molecule has 0 saturated carbocycles. The van der Waals surface area contributed by atoms with Crippen molar-refractivity contribution in [3.05, 3.63) is 47.0 Å². The number of aliphatic hydroxyl groups excluding tert-OH is 1. The number of carbonyl (C=O) groups excluding carboxylic acids is 2. The summed E-state index contributed by atoms with van der Waals surface area (Å²) in [5, 5.41) is 10.2. The maximum atomic E-state index is 14.3. The molecule has 1 amide bonds. The van der Waals surface area contributed by atoms with Crippen molar-refractivity contribution in [2.24, 2.45) is 5.92 Å². The Morgan fingerprint density at radius 3 is 2.57 bits per heavy atom. The number of amides is 1. The zero-order valence-electron chi connectivity index (χ0n) is 13.7. The lowest BCUT2D eigenvalue weighted by molar-refractivity contribution is -0.129. The molecule has 0 bridgehead atoms. The van der Waals surface area contributed by atoms with Crippen LogP contribution >= 0.6 is 0 Å². The molecule has 0 aromatic heterocycles. The van der Waals surface area contributed by atoms with Crippen LogP contribution in [0.3, 0.4) is 0 Å². The summed E-state index contributed by atoms with van der Waals surface area (Å²) in [7, 11) is 0. The predicted molar refractivity (Wildman–Crippen MR) is 85.3 cm³/mol. The van der Waals surface area contributed by atoms with Crippen LogP contribution in [0.15, 0.2) is 35.6 Å². The van der Waals surface area contributed by atoms with Crippen LogP contribution in [0.5, 0.6) is 0 Å². The van der Waals surface area contributed by atoms with Crippen molar-refractivity contribution >= 4 is 11.7 Å². The van der Waals surface area contributed by atoms with E-state index >= 15 is 0 Å². The second-order valence-corrected chi connectivity index (χ2v) is 6.06. The van der Waals surface area contributed by atoms with E-state index in [1.165, 1.54) is 11.0 Å². The molecule has 1 N–H and O–H groups in total. The Bertz CT molecular complexity index is 651. The van der Waals surface area contributed by atoms with E-state index in [0.29, 0.717) is 13.0 Å². The summed E-state index contributed by atoms with van der Waals surface area (Å²) in [6.45, 7) is 5.74. The molecule has 1 aliphatic rings. The average molecular weight is 319 g/mol.